The van der Waals surface area contributed by atoms with Crippen molar-refractivity contribution in [3.05, 3.63) is 29.8 Å². The highest BCUT2D eigenvalue weighted by atomic mass is 16.4. The van der Waals surface area contributed by atoms with Crippen LogP contribution in [0.1, 0.15) is 24.8 Å². The molecule has 3 nitrogen and oxygen atoms in total. The van der Waals surface area contributed by atoms with E-state index in [9.17, 15) is 4.79 Å². The summed E-state index contributed by atoms with van der Waals surface area (Å²) >= 11 is 0. The van der Waals surface area contributed by atoms with E-state index in [1.807, 2.05) is 36.1 Å². The molecule has 2 rings (SSSR count). The molecular weight excluding hydrogens is 214 g/mol. The van der Waals surface area contributed by atoms with Crippen molar-refractivity contribution in [3.63, 3.8) is 0 Å². The van der Waals surface area contributed by atoms with E-state index >= 15 is 0 Å². The number of aryl methyl sites for hydroxylation is 1. The lowest BCUT2D eigenvalue weighted by Gasteiger charge is -2.32. The van der Waals surface area contributed by atoms with Crippen LogP contribution in [0.15, 0.2) is 24.3 Å². The van der Waals surface area contributed by atoms with Crippen LogP contribution >= 0.6 is 0 Å². The van der Waals surface area contributed by atoms with Gasteiger partial charge in [-0.25, -0.2) is 0 Å². The molecule has 1 fully saturated rings. The van der Waals surface area contributed by atoms with Crippen LogP contribution in [-0.2, 0) is 4.79 Å². The van der Waals surface area contributed by atoms with Crippen LogP contribution in [0.25, 0.3) is 0 Å². The van der Waals surface area contributed by atoms with Gasteiger partial charge in [0.1, 0.15) is 6.54 Å². The molecular formula is C14H19NO2. The van der Waals surface area contributed by atoms with Crippen molar-refractivity contribution in [1.82, 2.24) is 0 Å². The van der Waals surface area contributed by atoms with Crippen LogP contribution in [0, 0.1) is 12.8 Å². The first-order chi connectivity index (χ1) is 8.15. The zero-order chi connectivity index (χ0) is 12.3. The fourth-order valence-corrected chi connectivity index (χ4v) is 2.17. The molecule has 1 aromatic carbocycles. The lowest BCUT2D eigenvalue weighted by molar-refractivity contribution is -0.135. The molecule has 1 aliphatic rings. The van der Waals surface area contributed by atoms with Crippen molar-refractivity contribution in [2.45, 2.75) is 26.2 Å². The van der Waals surface area contributed by atoms with Gasteiger partial charge in [-0.05, 0) is 37.8 Å². The van der Waals surface area contributed by atoms with Gasteiger partial charge in [-0.1, -0.05) is 24.1 Å². The maximum absolute atomic E-state index is 10.9. The van der Waals surface area contributed by atoms with Crippen LogP contribution < -0.4 is 4.90 Å². The number of hydrogen-bond donors (Lipinski definition) is 1. The number of carbonyl (C=O) groups is 1. The molecule has 0 radical (unpaired) electrons. The van der Waals surface area contributed by atoms with Gasteiger partial charge in [0, 0.05) is 12.2 Å². The Morgan fingerprint density at radius 3 is 2.47 bits per heavy atom. The lowest BCUT2D eigenvalue weighted by atomic mass is 9.85. The number of benzene rings is 1. The molecule has 0 spiro atoms. The average molecular weight is 233 g/mol. The van der Waals surface area contributed by atoms with E-state index in [1.165, 1.54) is 24.8 Å². The molecule has 0 atom stereocenters. The van der Waals surface area contributed by atoms with E-state index in [4.69, 9.17) is 5.11 Å². The van der Waals surface area contributed by atoms with Gasteiger partial charge in [0.25, 0.3) is 0 Å². The predicted molar refractivity (Wildman–Crippen MR) is 68.4 cm³/mol. The standard InChI is InChI=1S/C14H19NO2/c1-11-5-7-13(8-6-11)15(10-14(16)17)9-12-3-2-4-12/h5-8,12H,2-4,9-10H2,1H3,(H,16,17). The third-order valence-electron chi connectivity index (χ3n) is 3.43. The Kier molecular flexibility index (Phi) is 3.67. The van der Waals surface area contributed by atoms with Gasteiger partial charge in [0.15, 0.2) is 0 Å². The van der Waals surface area contributed by atoms with Gasteiger partial charge in [-0.15, -0.1) is 0 Å². The zero-order valence-corrected chi connectivity index (χ0v) is 10.2. The largest absolute Gasteiger partial charge is 0.480 e. The van der Waals surface area contributed by atoms with E-state index < -0.39 is 5.97 Å². The molecule has 1 N–H and O–H groups in total. The van der Waals surface area contributed by atoms with Gasteiger partial charge in [-0.2, -0.15) is 0 Å². The van der Waals surface area contributed by atoms with E-state index in [0.29, 0.717) is 5.92 Å². The van der Waals surface area contributed by atoms with Crippen molar-refractivity contribution in [3.8, 4) is 0 Å². The highest BCUT2D eigenvalue weighted by Gasteiger charge is 2.22. The van der Waals surface area contributed by atoms with Crippen LogP contribution in [0.4, 0.5) is 5.69 Å². The highest BCUT2D eigenvalue weighted by Crippen LogP contribution is 2.28. The van der Waals surface area contributed by atoms with Crippen molar-refractivity contribution < 1.29 is 9.90 Å². The van der Waals surface area contributed by atoms with Gasteiger partial charge in [-0.3, -0.25) is 4.79 Å². The zero-order valence-electron chi connectivity index (χ0n) is 10.2. The predicted octanol–water partition coefficient (Wildman–Crippen LogP) is 2.69. The molecule has 0 aliphatic heterocycles. The molecule has 0 heterocycles. The number of carboxylic acid groups (broad SMARTS) is 1. The SMILES string of the molecule is Cc1ccc(N(CC(=O)O)CC2CCC2)cc1. The number of hydrogen-bond acceptors (Lipinski definition) is 2. The lowest BCUT2D eigenvalue weighted by Crippen LogP contribution is -2.36. The second-order valence-corrected chi connectivity index (χ2v) is 4.91. The minimum atomic E-state index is -0.759. The minimum absolute atomic E-state index is 0.0968. The molecule has 0 amide bonds. The summed E-state index contributed by atoms with van der Waals surface area (Å²) in [7, 11) is 0. The van der Waals surface area contributed by atoms with Crippen molar-refractivity contribution >= 4 is 11.7 Å². The van der Waals surface area contributed by atoms with Gasteiger partial charge < -0.3 is 10.0 Å². The quantitative estimate of drug-likeness (QED) is 0.850. The fourth-order valence-electron chi connectivity index (χ4n) is 2.17. The Bertz CT molecular complexity index is 382. The molecule has 0 aromatic heterocycles. The third-order valence-corrected chi connectivity index (χ3v) is 3.43. The molecule has 0 saturated heterocycles. The summed E-state index contributed by atoms with van der Waals surface area (Å²) in [6.45, 7) is 3.01. The summed E-state index contributed by atoms with van der Waals surface area (Å²) in [5.74, 6) is -0.0828. The van der Waals surface area contributed by atoms with Gasteiger partial charge in [0.2, 0.25) is 0 Å². The van der Waals surface area contributed by atoms with E-state index in [-0.39, 0.29) is 6.54 Å². The molecule has 0 unspecified atom stereocenters. The molecule has 1 saturated carbocycles. The molecule has 1 aliphatic carbocycles. The first-order valence-corrected chi connectivity index (χ1v) is 6.18. The molecule has 17 heavy (non-hydrogen) atoms. The Morgan fingerprint density at radius 1 is 1.35 bits per heavy atom. The fraction of sp³-hybridized carbons (Fsp3) is 0.500. The normalized spacial score (nSPS) is 15.4. The summed E-state index contributed by atoms with van der Waals surface area (Å²) < 4.78 is 0. The number of carboxylic acids is 1. The van der Waals surface area contributed by atoms with Crippen molar-refractivity contribution in [2.75, 3.05) is 18.0 Å². The minimum Gasteiger partial charge on any atom is -0.480 e. The molecule has 3 heteroatoms. The second-order valence-electron chi connectivity index (χ2n) is 4.91. The number of nitrogens with zero attached hydrogens (tertiary/aromatic N) is 1. The Morgan fingerprint density at radius 2 is 2.00 bits per heavy atom. The van der Waals surface area contributed by atoms with Crippen LogP contribution in [0.2, 0.25) is 0 Å². The van der Waals surface area contributed by atoms with Gasteiger partial charge >= 0.3 is 5.97 Å². The number of anilines is 1. The average Bonchev–Trinajstić information content (AvgIpc) is 2.22. The molecule has 1 aromatic rings. The first-order valence-electron chi connectivity index (χ1n) is 6.18. The smallest absolute Gasteiger partial charge is 0.323 e. The summed E-state index contributed by atoms with van der Waals surface area (Å²) in [6, 6.07) is 8.09. The highest BCUT2D eigenvalue weighted by molar-refractivity contribution is 5.73. The van der Waals surface area contributed by atoms with E-state index in [0.717, 1.165) is 12.2 Å². The Balaban J connectivity index is 2.07. The summed E-state index contributed by atoms with van der Waals surface area (Å²) in [4.78, 5) is 12.9. The topological polar surface area (TPSA) is 40.5 Å². The third kappa shape index (κ3) is 3.22. The number of rotatable bonds is 5. The molecule has 0 bridgehead atoms. The van der Waals surface area contributed by atoms with Gasteiger partial charge in [0.05, 0.1) is 0 Å². The Labute approximate surface area is 102 Å². The molecule has 92 valence electrons. The summed E-state index contributed by atoms with van der Waals surface area (Å²) in [5, 5.41) is 8.96. The van der Waals surface area contributed by atoms with E-state index in [1.54, 1.807) is 0 Å². The van der Waals surface area contributed by atoms with Crippen molar-refractivity contribution in [2.24, 2.45) is 5.92 Å². The Hall–Kier alpha value is -1.51. The van der Waals surface area contributed by atoms with Crippen LogP contribution in [0.5, 0.6) is 0 Å². The first kappa shape index (κ1) is 12.0. The van der Waals surface area contributed by atoms with E-state index in [2.05, 4.69) is 0 Å². The maximum atomic E-state index is 10.9. The van der Waals surface area contributed by atoms with Crippen molar-refractivity contribution in [1.29, 1.82) is 0 Å². The summed E-state index contributed by atoms with van der Waals surface area (Å²) in [5.41, 5.74) is 2.22. The number of aliphatic carboxylic acids is 1. The van der Waals surface area contributed by atoms with Crippen LogP contribution in [-0.4, -0.2) is 24.2 Å². The van der Waals surface area contributed by atoms with Crippen LogP contribution in [0.3, 0.4) is 0 Å². The second kappa shape index (κ2) is 5.21. The summed E-state index contributed by atoms with van der Waals surface area (Å²) in [6.07, 6.45) is 3.77. The maximum Gasteiger partial charge on any atom is 0.323 e. The monoisotopic (exact) mass is 233 g/mol.